The summed E-state index contributed by atoms with van der Waals surface area (Å²) >= 11 is 0. The molecule has 8 amide bonds. The first-order chi connectivity index (χ1) is 40.5. The maximum absolute atomic E-state index is 14.5. The number of likely N-dealkylation sites (tertiary alicyclic amines) is 1. The van der Waals surface area contributed by atoms with Crippen molar-refractivity contribution in [1.29, 1.82) is 0 Å². The van der Waals surface area contributed by atoms with Crippen molar-refractivity contribution in [2.75, 3.05) is 60.4 Å². The van der Waals surface area contributed by atoms with Crippen LogP contribution in [-0.2, 0) is 65.6 Å². The number of hydrogen-bond donors (Lipinski definition) is 6. The lowest BCUT2D eigenvalue weighted by molar-refractivity contribution is -0.148. The van der Waals surface area contributed by atoms with Gasteiger partial charge in [0.1, 0.15) is 24.2 Å². The number of nitrogens with one attached hydrogen (secondary N) is 6. The molecule has 0 bridgehead atoms. The number of rotatable bonds is 32. The zero-order chi connectivity index (χ0) is 62.5. The van der Waals surface area contributed by atoms with Gasteiger partial charge in [-0.2, -0.15) is 0 Å². The Bertz CT molecular complexity index is 2570. The van der Waals surface area contributed by atoms with Gasteiger partial charge in [-0.05, 0) is 119 Å². The van der Waals surface area contributed by atoms with Crippen LogP contribution in [0, 0.1) is 35.5 Å². The highest BCUT2D eigenvalue weighted by Crippen LogP contribution is 2.52. The van der Waals surface area contributed by atoms with Crippen LogP contribution in [0.1, 0.15) is 117 Å². The highest BCUT2D eigenvalue weighted by Gasteiger charge is 2.49. The Morgan fingerprint density at radius 3 is 2.02 bits per heavy atom. The predicted molar refractivity (Wildman–Crippen MR) is 325 cm³/mol. The number of nitrogens with zero attached hydrogens (tertiary/aromatic N) is 3. The smallest absolute Gasteiger partial charge is 0.407 e. The van der Waals surface area contributed by atoms with Crippen molar-refractivity contribution in [3.05, 3.63) is 90.0 Å². The van der Waals surface area contributed by atoms with Crippen LogP contribution in [0.15, 0.2) is 78.9 Å². The van der Waals surface area contributed by atoms with E-state index in [-0.39, 0.29) is 62.0 Å². The molecule has 0 aromatic heterocycles. The van der Waals surface area contributed by atoms with Crippen LogP contribution >= 0.6 is 0 Å². The topological polar surface area (TPSA) is 255 Å². The van der Waals surface area contributed by atoms with Gasteiger partial charge in [-0.1, -0.05) is 108 Å². The van der Waals surface area contributed by atoms with Gasteiger partial charge in [-0.25, -0.2) is 10.3 Å². The molecule has 2 fully saturated rings. The number of carbonyl (C=O) groups excluding carboxylic acids is 8. The lowest BCUT2D eigenvalue weighted by Crippen LogP contribution is -2.59. The quantitative estimate of drug-likeness (QED) is 0.0359. The Labute approximate surface area is 503 Å². The Morgan fingerprint density at radius 1 is 0.776 bits per heavy atom. The zero-order valence-electron chi connectivity index (χ0n) is 52.3. The monoisotopic (exact) mass is 1180 g/mol. The van der Waals surface area contributed by atoms with Crippen molar-refractivity contribution in [1.82, 2.24) is 41.4 Å². The van der Waals surface area contributed by atoms with E-state index in [0.717, 1.165) is 31.2 Å². The van der Waals surface area contributed by atoms with Crippen LogP contribution in [-0.4, -0.2) is 166 Å². The molecule has 3 aliphatic rings. The van der Waals surface area contributed by atoms with E-state index in [9.17, 15) is 38.4 Å². The van der Waals surface area contributed by atoms with Gasteiger partial charge in [0.05, 0.1) is 49.8 Å². The Kier molecular flexibility index (Phi) is 27.5. The molecule has 5 rings (SSSR count). The molecule has 1 saturated carbocycles. The van der Waals surface area contributed by atoms with Crippen molar-refractivity contribution in [2.24, 2.45) is 35.5 Å². The summed E-state index contributed by atoms with van der Waals surface area (Å²) < 4.78 is 17.6. The minimum atomic E-state index is -1.07. The summed E-state index contributed by atoms with van der Waals surface area (Å²) in [6.07, 6.45) is 8.73. The van der Waals surface area contributed by atoms with E-state index in [1.165, 1.54) is 14.2 Å². The van der Waals surface area contributed by atoms with Gasteiger partial charge in [-0.3, -0.25) is 43.3 Å². The van der Waals surface area contributed by atoms with Crippen molar-refractivity contribution in [3.8, 4) is 0 Å². The molecular formula is C64H97N9O12. The molecule has 2 aromatic rings. The number of likely N-dealkylation sites (N-methyl/N-ethyl adjacent to an activating group) is 2. The van der Waals surface area contributed by atoms with E-state index in [4.69, 9.17) is 19.0 Å². The number of alkyl carbamates (subject to hydrolysis) is 1. The number of fused-ring (bicyclic) bond motifs is 1. The number of carbonyl (C=O) groups is 8. The molecule has 1 saturated heterocycles. The first-order valence-corrected chi connectivity index (χ1v) is 30.3. The summed E-state index contributed by atoms with van der Waals surface area (Å²) in [7, 11) is 8.28. The third kappa shape index (κ3) is 20.2. The van der Waals surface area contributed by atoms with E-state index in [1.54, 1.807) is 80.9 Å². The van der Waals surface area contributed by atoms with Crippen LogP contribution in [0.25, 0.3) is 0 Å². The number of amides is 8. The molecule has 12 atom stereocenters. The molecule has 21 heteroatoms. The molecule has 2 aromatic carbocycles. The average Bonchev–Trinajstić information content (AvgIpc) is 2.31. The number of anilines is 1. The maximum atomic E-state index is 14.5. The van der Waals surface area contributed by atoms with Crippen LogP contribution in [0.2, 0.25) is 0 Å². The second-order valence-corrected chi connectivity index (χ2v) is 23.9. The van der Waals surface area contributed by atoms with Crippen LogP contribution in [0.4, 0.5) is 10.5 Å². The molecule has 2 aliphatic carbocycles. The minimum Gasteiger partial charge on any atom is -0.449 e. The number of hydrogen-bond acceptors (Lipinski definition) is 13. The molecular weight excluding hydrogens is 1090 g/mol. The van der Waals surface area contributed by atoms with E-state index in [1.807, 2.05) is 58.0 Å². The van der Waals surface area contributed by atoms with Crippen LogP contribution in [0.3, 0.4) is 0 Å². The second-order valence-electron chi connectivity index (χ2n) is 23.9. The van der Waals surface area contributed by atoms with Gasteiger partial charge in [0.15, 0.2) is 0 Å². The van der Waals surface area contributed by atoms with Crippen molar-refractivity contribution in [3.63, 3.8) is 0 Å². The van der Waals surface area contributed by atoms with Crippen LogP contribution in [0.5, 0.6) is 0 Å². The standard InChI is InChI=1S/C64H97N9O12/c1-14-41(6)57(72(11)63(80)55(39(2)3)69-62(79)56(40(4)5)71(9)10)52(82-12)36-54(75)73-34-22-27-51(73)58(83-13)42(7)59(76)68-50(35-44-23-18-17-19-24-44)61(78)70-85-37-45-28-30-46(31-29-45)67-60(77)43(8)66-53(74)32-33-65-64(81)84-38-49-47-25-20-15-16-21-26-48(47)49/h15-19,23-24,28-31,39,41-43,47-52,55-58H,4,14,20-22,25-27,32-38H2,1-3,5-13H3,(H,65,81)(H,66,74)(H,67,77)(H,68,76)(H,69,79)(H,70,78)/b16-15-/t41-,42+,43+,47?,48?,49?,50-,51-,52+,55-,56-,57-,58+/m0/s1. The fourth-order valence-corrected chi connectivity index (χ4v) is 12.1. The van der Waals surface area contributed by atoms with E-state index in [2.05, 4.69) is 50.8 Å². The molecule has 470 valence electrons. The number of methoxy groups -OCH3 is 2. The Balaban J connectivity index is 1.12. The van der Waals surface area contributed by atoms with Crippen molar-refractivity contribution < 1.29 is 57.4 Å². The molecule has 85 heavy (non-hydrogen) atoms. The number of benzene rings is 2. The van der Waals surface area contributed by atoms with E-state index >= 15 is 0 Å². The van der Waals surface area contributed by atoms with Gasteiger partial charge in [0.2, 0.25) is 35.4 Å². The first-order valence-electron chi connectivity index (χ1n) is 30.3. The molecule has 1 heterocycles. The van der Waals surface area contributed by atoms with Gasteiger partial charge in [-0.15, -0.1) is 0 Å². The van der Waals surface area contributed by atoms with Crippen molar-refractivity contribution in [2.45, 2.75) is 168 Å². The number of allylic oxidation sites excluding steroid dienone is 2. The third-order valence-electron chi connectivity index (χ3n) is 17.1. The fraction of sp³-hybridized carbons (Fsp3) is 0.625. The molecule has 0 radical (unpaired) electrons. The van der Waals surface area contributed by atoms with Crippen molar-refractivity contribution >= 4 is 53.1 Å². The summed E-state index contributed by atoms with van der Waals surface area (Å²) in [6, 6.07) is 11.5. The maximum Gasteiger partial charge on any atom is 0.407 e. The largest absolute Gasteiger partial charge is 0.449 e. The third-order valence-corrected chi connectivity index (χ3v) is 17.1. The number of hydroxylamine groups is 1. The summed E-state index contributed by atoms with van der Waals surface area (Å²) in [5.74, 6) is -2.34. The predicted octanol–water partition coefficient (Wildman–Crippen LogP) is 6.08. The molecule has 1 aliphatic heterocycles. The Hall–Kier alpha value is -6.68. The summed E-state index contributed by atoms with van der Waals surface area (Å²) in [4.78, 5) is 119. The van der Waals surface area contributed by atoms with Gasteiger partial charge < -0.3 is 50.6 Å². The fourth-order valence-electron chi connectivity index (χ4n) is 12.1. The summed E-state index contributed by atoms with van der Waals surface area (Å²) in [6.45, 7) is 17.6. The normalized spacial score (nSPS) is 20.9. The highest BCUT2D eigenvalue weighted by molar-refractivity contribution is 5.97. The molecule has 0 spiro atoms. The minimum absolute atomic E-state index is 0.0306. The van der Waals surface area contributed by atoms with Gasteiger partial charge in [0, 0.05) is 52.9 Å². The molecule has 21 nitrogen and oxygen atoms in total. The first kappa shape index (κ1) is 69.1. The SMILES string of the molecule is C=C(C)[C@@H](C(=O)N[C@H](C(=O)N(C)[C@@H]([C@@H](C)CC)[C@@H](CC(=O)N1CCC[C@H]1[C@H](OC)[C@@H](C)C(=O)N[C@@H](Cc1ccccc1)C(=O)NOCc1ccc(NC(=O)[C@@H](C)NC(=O)CCNC(=O)OCC2C3CC/C=C\CCC32)cc1)OC)C(C)C)N(C)C. The van der Waals surface area contributed by atoms with Crippen LogP contribution < -0.4 is 32.1 Å². The van der Waals surface area contributed by atoms with Gasteiger partial charge in [0.25, 0.3) is 5.91 Å². The van der Waals surface area contributed by atoms with Gasteiger partial charge >= 0.3 is 6.09 Å². The number of ether oxygens (including phenoxy) is 3. The van der Waals surface area contributed by atoms with E-state index < -0.39 is 84.1 Å². The summed E-state index contributed by atoms with van der Waals surface area (Å²) in [5, 5.41) is 14.0. The summed E-state index contributed by atoms with van der Waals surface area (Å²) in [5.41, 5.74) is 5.05. The lowest BCUT2D eigenvalue weighted by atomic mass is 9.89. The second kappa shape index (κ2) is 33.9. The highest BCUT2D eigenvalue weighted by atomic mass is 16.7. The molecule has 6 N–H and O–H groups in total. The Morgan fingerprint density at radius 2 is 1.44 bits per heavy atom. The lowest BCUT2D eigenvalue weighted by Gasteiger charge is -2.41. The van der Waals surface area contributed by atoms with E-state index in [0.29, 0.717) is 67.0 Å². The average molecular weight is 1180 g/mol. The molecule has 2 unspecified atom stereocenters. The zero-order valence-corrected chi connectivity index (χ0v) is 52.3.